The van der Waals surface area contributed by atoms with Gasteiger partial charge in [0, 0.05) is 6.08 Å². The maximum Gasteiger partial charge on any atom is 0.248 e. The Hall–Kier alpha value is -0.800. The van der Waals surface area contributed by atoms with Gasteiger partial charge in [-0.3, -0.25) is 4.79 Å². The first-order valence-electron chi connectivity index (χ1n) is 4.40. The molecule has 0 saturated heterocycles. The Kier molecular flexibility index (Phi) is 4.36. The van der Waals surface area contributed by atoms with E-state index in [0.29, 0.717) is 15.2 Å². The fraction of sp³-hybridized carbons (Fsp3) is 0.182. The molecule has 2 nitrogen and oxygen atoms in total. The van der Waals surface area contributed by atoms with Crippen LogP contribution in [0.1, 0.15) is 13.8 Å². The number of amides is 1. The number of nitrogens with one attached hydrogen (secondary N) is 1. The van der Waals surface area contributed by atoms with Crippen LogP contribution in [0.5, 0.6) is 0 Å². The van der Waals surface area contributed by atoms with E-state index >= 15 is 0 Å². The molecule has 0 atom stereocenters. The zero-order valence-corrected chi connectivity index (χ0v) is 10.8. The summed E-state index contributed by atoms with van der Waals surface area (Å²) < 4.78 is 0.696. The van der Waals surface area contributed by atoms with Crippen LogP contribution in [0.25, 0.3) is 0 Å². The largest absolute Gasteiger partial charge is 0.321 e. The average molecular weight is 289 g/mol. The summed E-state index contributed by atoms with van der Waals surface area (Å²) in [6.07, 6.45) is 1.54. The van der Waals surface area contributed by atoms with E-state index in [1.807, 2.05) is 13.8 Å². The smallest absolute Gasteiger partial charge is 0.248 e. The molecular formula is C11H11BrClNO. The van der Waals surface area contributed by atoms with E-state index in [4.69, 9.17) is 11.6 Å². The molecule has 0 fully saturated rings. The lowest BCUT2D eigenvalue weighted by molar-refractivity contribution is -0.111. The minimum Gasteiger partial charge on any atom is -0.321 e. The minimum absolute atomic E-state index is 0.155. The number of allylic oxidation sites excluding steroid dienone is 1. The summed E-state index contributed by atoms with van der Waals surface area (Å²) in [7, 11) is 0. The lowest BCUT2D eigenvalue weighted by Gasteiger charge is -2.06. The highest BCUT2D eigenvalue weighted by molar-refractivity contribution is 9.10. The number of anilines is 1. The van der Waals surface area contributed by atoms with Crippen LogP contribution in [-0.2, 0) is 4.79 Å². The van der Waals surface area contributed by atoms with Gasteiger partial charge in [0.2, 0.25) is 5.91 Å². The van der Waals surface area contributed by atoms with Crippen molar-refractivity contribution in [3.63, 3.8) is 0 Å². The number of halogens is 2. The number of carbonyl (C=O) groups is 1. The summed E-state index contributed by atoms with van der Waals surface area (Å²) >= 11 is 9.20. The first-order valence-corrected chi connectivity index (χ1v) is 5.57. The zero-order valence-electron chi connectivity index (χ0n) is 8.47. The van der Waals surface area contributed by atoms with Crippen LogP contribution in [0.2, 0.25) is 5.02 Å². The van der Waals surface area contributed by atoms with Crippen molar-refractivity contribution in [3.8, 4) is 0 Å². The molecule has 4 heteroatoms. The van der Waals surface area contributed by atoms with Gasteiger partial charge in [0.15, 0.2) is 0 Å². The van der Waals surface area contributed by atoms with E-state index in [9.17, 15) is 4.79 Å². The predicted molar refractivity (Wildman–Crippen MR) is 67.2 cm³/mol. The van der Waals surface area contributed by atoms with Gasteiger partial charge in [-0.05, 0) is 41.9 Å². The molecule has 0 aromatic heterocycles. The van der Waals surface area contributed by atoms with Crippen molar-refractivity contribution in [3.05, 3.63) is 39.3 Å². The molecule has 0 unspecified atom stereocenters. The Morgan fingerprint density at radius 1 is 1.47 bits per heavy atom. The fourth-order valence-electron chi connectivity index (χ4n) is 1.03. The third kappa shape index (κ3) is 3.68. The normalized spacial score (nSPS) is 9.60. The molecule has 1 rings (SSSR count). The Morgan fingerprint density at radius 3 is 2.73 bits per heavy atom. The van der Waals surface area contributed by atoms with Gasteiger partial charge in [0.1, 0.15) is 0 Å². The van der Waals surface area contributed by atoms with E-state index in [1.54, 1.807) is 18.2 Å². The standard InChI is InChI=1S/C11H11BrClNO/c1-7(2)6-10(15)14-9-5-3-4-8(13)11(9)12/h3-6H,1-2H3,(H,14,15). The Bertz CT molecular complexity index is 411. The van der Waals surface area contributed by atoms with Crippen LogP contribution in [-0.4, -0.2) is 5.91 Å². The SMILES string of the molecule is CC(C)=CC(=O)Nc1cccc(Cl)c1Br. The van der Waals surface area contributed by atoms with Crippen molar-refractivity contribution >= 4 is 39.1 Å². The van der Waals surface area contributed by atoms with Gasteiger partial charge < -0.3 is 5.32 Å². The molecule has 1 aromatic carbocycles. The van der Waals surface area contributed by atoms with E-state index in [0.717, 1.165) is 5.57 Å². The highest BCUT2D eigenvalue weighted by Gasteiger charge is 2.05. The fourth-order valence-corrected chi connectivity index (χ4v) is 1.57. The lowest BCUT2D eigenvalue weighted by atomic mass is 10.3. The highest BCUT2D eigenvalue weighted by Crippen LogP contribution is 2.29. The minimum atomic E-state index is -0.155. The van der Waals surface area contributed by atoms with Crippen molar-refractivity contribution < 1.29 is 4.79 Å². The van der Waals surface area contributed by atoms with Gasteiger partial charge in [-0.25, -0.2) is 0 Å². The Morgan fingerprint density at radius 2 is 2.13 bits per heavy atom. The molecule has 0 spiro atoms. The molecule has 1 amide bonds. The maximum absolute atomic E-state index is 11.4. The first-order chi connectivity index (χ1) is 7.00. The summed E-state index contributed by atoms with van der Waals surface area (Å²) in [6.45, 7) is 3.74. The van der Waals surface area contributed by atoms with Crippen molar-refractivity contribution in [1.29, 1.82) is 0 Å². The summed E-state index contributed by atoms with van der Waals surface area (Å²) in [5.74, 6) is -0.155. The number of benzene rings is 1. The van der Waals surface area contributed by atoms with Crippen LogP contribution in [0.4, 0.5) is 5.69 Å². The molecule has 0 aliphatic carbocycles. The number of hydrogen-bond donors (Lipinski definition) is 1. The molecule has 80 valence electrons. The second-order valence-corrected chi connectivity index (χ2v) is 4.51. The van der Waals surface area contributed by atoms with Gasteiger partial charge in [-0.2, -0.15) is 0 Å². The molecule has 0 aliphatic heterocycles. The molecule has 0 saturated carbocycles. The predicted octanol–water partition coefficient (Wildman–Crippen LogP) is 4.01. The number of rotatable bonds is 2. The third-order valence-electron chi connectivity index (χ3n) is 1.63. The number of carbonyl (C=O) groups excluding carboxylic acids is 1. The summed E-state index contributed by atoms with van der Waals surface area (Å²) in [6, 6.07) is 5.32. The zero-order chi connectivity index (χ0) is 11.4. The summed E-state index contributed by atoms with van der Waals surface area (Å²) in [5, 5.41) is 3.31. The molecule has 0 bridgehead atoms. The maximum atomic E-state index is 11.4. The molecule has 0 heterocycles. The number of hydrogen-bond acceptors (Lipinski definition) is 1. The van der Waals surface area contributed by atoms with E-state index in [2.05, 4.69) is 21.2 Å². The van der Waals surface area contributed by atoms with Gasteiger partial charge >= 0.3 is 0 Å². The van der Waals surface area contributed by atoms with Crippen LogP contribution in [0.3, 0.4) is 0 Å². The molecule has 0 radical (unpaired) electrons. The molecular weight excluding hydrogens is 277 g/mol. The van der Waals surface area contributed by atoms with E-state index in [1.165, 1.54) is 6.08 Å². The highest BCUT2D eigenvalue weighted by atomic mass is 79.9. The lowest BCUT2D eigenvalue weighted by Crippen LogP contribution is -2.08. The monoisotopic (exact) mass is 287 g/mol. The summed E-state index contributed by atoms with van der Waals surface area (Å²) in [4.78, 5) is 11.4. The van der Waals surface area contributed by atoms with Gasteiger partial charge in [-0.15, -0.1) is 0 Å². The van der Waals surface area contributed by atoms with Crippen LogP contribution in [0, 0.1) is 0 Å². The summed E-state index contributed by atoms with van der Waals surface area (Å²) in [5.41, 5.74) is 1.62. The van der Waals surface area contributed by atoms with Crippen LogP contribution < -0.4 is 5.32 Å². The Labute approximate surface area is 102 Å². The quantitative estimate of drug-likeness (QED) is 0.819. The first kappa shape index (κ1) is 12.3. The average Bonchev–Trinajstić information content (AvgIpc) is 2.11. The Balaban J connectivity index is 2.86. The van der Waals surface area contributed by atoms with Crippen molar-refractivity contribution in [2.75, 3.05) is 5.32 Å². The molecule has 15 heavy (non-hydrogen) atoms. The third-order valence-corrected chi connectivity index (χ3v) is 3.03. The van der Waals surface area contributed by atoms with Crippen molar-refractivity contribution in [2.24, 2.45) is 0 Å². The van der Waals surface area contributed by atoms with Gasteiger partial charge in [0.05, 0.1) is 15.2 Å². The van der Waals surface area contributed by atoms with E-state index in [-0.39, 0.29) is 5.91 Å². The van der Waals surface area contributed by atoms with Crippen LogP contribution >= 0.6 is 27.5 Å². The van der Waals surface area contributed by atoms with Gasteiger partial charge in [-0.1, -0.05) is 23.2 Å². The van der Waals surface area contributed by atoms with Crippen LogP contribution in [0.15, 0.2) is 34.3 Å². The second-order valence-electron chi connectivity index (χ2n) is 3.31. The topological polar surface area (TPSA) is 29.1 Å². The second kappa shape index (κ2) is 5.33. The van der Waals surface area contributed by atoms with Gasteiger partial charge in [0.25, 0.3) is 0 Å². The molecule has 1 aromatic rings. The van der Waals surface area contributed by atoms with Crippen molar-refractivity contribution in [2.45, 2.75) is 13.8 Å². The van der Waals surface area contributed by atoms with Crippen molar-refractivity contribution in [1.82, 2.24) is 0 Å². The molecule has 0 aliphatic rings. The van der Waals surface area contributed by atoms with E-state index < -0.39 is 0 Å². The molecule has 1 N–H and O–H groups in total.